The highest BCUT2D eigenvalue weighted by Gasteiger charge is 2.13. The molecule has 0 aromatic carbocycles. The Balaban J connectivity index is 1.84. The predicted octanol–water partition coefficient (Wildman–Crippen LogP) is 2.96. The molecule has 4 nitrogen and oxygen atoms in total. The molecule has 1 saturated heterocycles. The summed E-state index contributed by atoms with van der Waals surface area (Å²) in [5, 5.41) is 4.09. The minimum absolute atomic E-state index is 0.140. The van der Waals surface area contributed by atoms with E-state index in [2.05, 4.69) is 27.0 Å². The zero-order valence-electron chi connectivity index (χ0n) is 11.1. The van der Waals surface area contributed by atoms with Crippen molar-refractivity contribution in [3.63, 3.8) is 0 Å². The number of hydrogen-bond acceptors (Lipinski definition) is 5. The average Bonchev–Trinajstić information content (AvgIpc) is 2.37. The lowest BCUT2D eigenvalue weighted by Gasteiger charge is -2.21. The molecule has 1 N–H and O–H groups in total. The number of thioether (sulfide) groups is 1. The Hall–Kier alpha value is -0.970. The maximum absolute atomic E-state index is 5.55. The first-order valence-corrected chi connectivity index (χ1v) is 7.63. The quantitative estimate of drug-likeness (QED) is 0.888. The smallest absolute Gasteiger partial charge is 0.218 e. The summed E-state index contributed by atoms with van der Waals surface area (Å²) < 4.78 is 5.55. The summed E-state index contributed by atoms with van der Waals surface area (Å²) in [4.78, 5) is 8.32. The fourth-order valence-electron chi connectivity index (χ4n) is 1.93. The Morgan fingerprint density at radius 3 is 3.06 bits per heavy atom. The van der Waals surface area contributed by atoms with Crippen LogP contribution in [0, 0.1) is 0 Å². The van der Waals surface area contributed by atoms with Crippen LogP contribution in [0.3, 0.4) is 0 Å². The molecule has 1 unspecified atom stereocenters. The third-order valence-corrected chi connectivity index (χ3v) is 4.18. The normalized spacial score (nSPS) is 19.8. The zero-order chi connectivity index (χ0) is 12.8. The topological polar surface area (TPSA) is 47.0 Å². The van der Waals surface area contributed by atoms with Crippen LogP contribution in [0.4, 0.5) is 5.82 Å². The fourth-order valence-corrected chi connectivity index (χ4v) is 3.17. The highest BCUT2D eigenvalue weighted by Crippen LogP contribution is 2.25. The number of nitrogens with zero attached hydrogens (tertiary/aromatic N) is 2. The van der Waals surface area contributed by atoms with E-state index in [-0.39, 0.29) is 6.10 Å². The van der Waals surface area contributed by atoms with E-state index in [1.807, 2.05) is 19.9 Å². The molecule has 18 heavy (non-hydrogen) atoms. The molecule has 0 amide bonds. The Morgan fingerprint density at radius 1 is 1.44 bits per heavy atom. The van der Waals surface area contributed by atoms with Gasteiger partial charge >= 0.3 is 0 Å². The van der Waals surface area contributed by atoms with Gasteiger partial charge in [-0.15, -0.1) is 0 Å². The maximum Gasteiger partial charge on any atom is 0.218 e. The lowest BCUT2D eigenvalue weighted by atomic mass is 10.2. The van der Waals surface area contributed by atoms with E-state index in [1.54, 1.807) is 6.33 Å². The molecule has 100 valence electrons. The Kier molecular flexibility index (Phi) is 5.11. The van der Waals surface area contributed by atoms with Gasteiger partial charge in [0.15, 0.2) is 0 Å². The van der Waals surface area contributed by atoms with Crippen LogP contribution in [0.25, 0.3) is 0 Å². The number of ether oxygens (including phenoxy) is 1. The van der Waals surface area contributed by atoms with E-state index in [0.29, 0.717) is 11.1 Å². The van der Waals surface area contributed by atoms with Gasteiger partial charge in [-0.25, -0.2) is 9.97 Å². The maximum atomic E-state index is 5.55. The first kappa shape index (κ1) is 13.5. The number of aromatic nitrogens is 2. The van der Waals surface area contributed by atoms with Gasteiger partial charge in [0.1, 0.15) is 12.1 Å². The fraction of sp³-hybridized carbons (Fsp3) is 0.692. The molecule has 1 aromatic heterocycles. The summed E-state index contributed by atoms with van der Waals surface area (Å²) in [6.45, 7) is 4.96. The molecular formula is C13H21N3OS. The standard InChI is InChI=1S/C13H21N3OS/c1-10(2)17-13-7-12(15-9-16-13)14-8-11-5-3-4-6-18-11/h7,9-11H,3-6,8H2,1-2H3,(H,14,15,16). The molecule has 5 heteroatoms. The molecule has 1 fully saturated rings. The van der Waals surface area contributed by atoms with Crippen LogP contribution in [-0.4, -0.2) is 33.6 Å². The monoisotopic (exact) mass is 267 g/mol. The van der Waals surface area contributed by atoms with E-state index in [4.69, 9.17) is 4.74 Å². The van der Waals surface area contributed by atoms with Crippen LogP contribution in [-0.2, 0) is 0 Å². The Bertz CT molecular complexity index is 367. The summed E-state index contributed by atoms with van der Waals surface area (Å²) in [5.74, 6) is 2.78. The number of nitrogens with one attached hydrogen (secondary N) is 1. The number of anilines is 1. The van der Waals surface area contributed by atoms with Crippen LogP contribution < -0.4 is 10.1 Å². The van der Waals surface area contributed by atoms with Crippen molar-refractivity contribution in [2.24, 2.45) is 0 Å². The van der Waals surface area contributed by atoms with E-state index >= 15 is 0 Å². The lowest BCUT2D eigenvalue weighted by molar-refractivity contribution is 0.232. The van der Waals surface area contributed by atoms with Crippen molar-refractivity contribution >= 4 is 17.6 Å². The van der Waals surface area contributed by atoms with Gasteiger partial charge in [0.25, 0.3) is 0 Å². The van der Waals surface area contributed by atoms with Crippen molar-refractivity contribution in [1.82, 2.24) is 9.97 Å². The van der Waals surface area contributed by atoms with Gasteiger partial charge in [-0.1, -0.05) is 6.42 Å². The second-order valence-electron chi connectivity index (χ2n) is 4.78. The molecule has 0 saturated carbocycles. The van der Waals surface area contributed by atoms with E-state index in [1.165, 1.54) is 25.0 Å². The summed E-state index contributed by atoms with van der Waals surface area (Å²) in [7, 11) is 0. The van der Waals surface area contributed by atoms with Gasteiger partial charge in [-0.2, -0.15) is 11.8 Å². The molecule has 0 aliphatic carbocycles. The SMILES string of the molecule is CC(C)Oc1cc(NCC2CCCCS2)ncn1. The molecule has 1 aliphatic rings. The molecule has 1 aliphatic heterocycles. The van der Waals surface area contributed by atoms with Crippen LogP contribution in [0.2, 0.25) is 0 Å². The largest absolute Gasteiger partial charge is 0.475 e. The van der Waals surface area contributed by atoms with Gasteiger partial charge < -0.3 is 10.1 Å². The molecule has 0 bridgehead atoms. The van der Waals surface area contributed by atoms with Crippen molar-refractivity contribution in [2.45, 2.75) is 44.5 Å². The third kappa shape index (κ3) is 4.37. The van der Waals surface area contributed by atoms with Crippen molar-refractivity contribution in [3.05, 3.63) is 12.4 Å². The van der Waals surface area contributed by atoms with E-state index in [9.17, 15) is 0 Å². The second kappa shape index (κ2) is 6.83. The minimum Gasteiger partial charge on any atom is -0.475 e. The van der Waals surface area contributed by atoms with Crippen LogP contribution in [0.15, 0.2) is 12.4 Å². The van der Waals surface area contributed by atoms with Crippen LogP contribution in [0.1, 0.15) is 33.1 Å². The van der Waals surface area contributed by atoms with Crippen molar-refractivity contribution in [2.75, 3.05) is 17.6 Å². The summed E-state index contributed by atoms with van der Waals surface area (Å²) in [6, 6.07) is 1.87. The zero-order valence-corrected chi connectivity index (χ0v) is 11.9. The molecule has 2 heterocycles. The Morgan fingerprint density at radius 2 is 2.33 bits per heavy atom. The minimum atomic E-state index is 0.140. The molecule has 1 atom stereocenters. The summed E-state index contributed by atoms with van der Waals surface area (Å²) in [6.07, 6.45) is 5.71. The highest BCUT2D eigenvalue weighted by molar-refractivity contribution is 7.99. The average molecular weight is 267 g/mol. The van der Waals surface area contributed by atoms with E-state index in [0.717, 1.165) is 12.4 Å². The van der Waals surface area contributed by atoms with E-state index < -0.39 is 0 Å². The summed E-state index contributed by atoms with van der Waals surface area (Å²) >= 11 is 2.06. The predicted molar refractivity (Wildman–Crippen MR) is 76.4 cm³/mol. The first-order chi connectivity index (χ1) is 8.74. The number of hydrogen-bond donors (Lipinski definition) is 1. The highest BCUT2D eigenvalue weighted by atomic mass is 32.2. The number of rotatable bonds is 5. The molecule has 1 aromatic rings. The Labute approximate surface area is 113 Å². The van der Waals surface area contributed by atoms with Gasteiger partial charge in [0.2, 0.25) is 5.88 Å². The van der Waals surface area contributed by atoms with Crippen LogP contribution >= 0.6 is 11.8 Å². The third-order valence-electron chi connectivity index (χ3n) is 2.78. The first-order valence-electron chi connectivity index (χ1n) is 6.58. The molecule has 0 spiro atoms. The molecule has 0 radical (unpaired) electrons. The van der Waals surface area contributed by atoms with Gasteiger partial charge in [0.05, 0.1) is 6.10 Å². The molecular weight excluding hydrogens is 246 g/mol. The summed E-state index contributed by atoms with van der Waals surface area (Å²) in [5.41, 5.74) is 0. The van der Waals surface area contributed by atoms with Crippen molar-refractivity contribution in [1.29, 1.82) is 0 Å². The second-order valence-corrected chi connectivity index (χ2v) is 6.19. The lowest BCUT2D eigenvalue weighted by Crippen LogP contribution is -2.20. The van der Waals surface area contributed by atoms with Crippen molar-refractivity contribution < 1.29 is 4.74 Å². The van der Waals surface area contributed by atoms with Crippen LogP contribution in [0.5, 0.6) is 5.88 Å². The van der Waals surface area contributed by atoms with Gasteiger partial charge in [0, 0.05) is 17.9 Å². The van der Waals surface area contributed by atoms with Gasteiger partial charge in [-0.3, -0.25) is 0 Å². The molecule has 2 rings (SSSR count). The van der Waals surface area contributed by atoms with Gasteiger partial charge in [-0.05, 0) is 32.4 Å². The van der Waals surface area contributed by atoms with Crippen molar-refractivity contribution in [3.8, 4) is 5.88 Å².